The third-order valence-corrected chi connectivity index (χ3v) is 6.84. The third-order valence-electron chi connectivity index (χ3n) is 6.84. The van der Waals surface area contributed by atoms with Gasteiger partial charge in [-0.2, -0.15) is 0 Å². The van der Waals surface area contributed by atoms with Gasteiger partial charge < -0.3 is 19.3 Å². The van der Waals surface area contributed by atoms with Gasteiger partial charge in [-0.15, -0.1) is 0 Å². The molecule has 0 radical (unpaired) electrons. The van der Waals surface area contributed by atoms with Crippen LogP contribution in [0.2, 0.25) is 0 Å². The predicted molar refractivity (Wildman–Crippen MR) is 131 cm³/mol. The summed E-state index contributed by atoms with van der Waals surface area (Å²) >= 11 is 0. The summed E-state index contributed by atoms with van der Waals surface area (Å²) in [5, 5.41) is 10.5. The van der Waals surface area contributed by atoms with E-state index >= 15 is 0 Å². The SMILES string of the molecule is O[C@H]1C[C@@H]2[C@H](OCc3ccccc3)[C@H](OCc3ccccc3)[C@@H](COCc3ccccc3)N2C1. The van der Waals surface area contributed by atoms with Gasteiger partial charge in [0.1, 0.15) is 12.2 Å². The van der Waals surface area contributed by atoms with Crippen molar-refractivity contribution >= 4 is 0 Å². The number of nitrogens with zero attached hydrogens (tertiary/aromatic N) is 1. The number of ether oxygens (including phenoxy) is 3. The monoisotopic (exact) mass is 459 g/mol. The van der Waals surface area contributed by atoms with Crippen LogP contribution < -0.4 is 0 Å². The molecule has 5 rings (SSSR count). The highest BCUT2D eigenvalue weighted by Crippen LogP contribution is 2.38. The molecule has 2 fully saturated rings. The highest BCUT2D eigenvalue weighted by molar-refractivity contribution is 5.16. The minimum atomic E-state index is -0.348. The first-order valence-corrected chi connectivity index (χ1v) is 12.1. The van der Waals surface area contributed by atoms with Gasteiger partial charge in [-0.25, -0.2) is 0 Å². The fourth-order valence-corrected chi connectivity index (χ4v) is 5.21. The number of aliphatic hydroxyl groups is 1. The van der Waals surface area contributed by atoms with Gasteiger partial charge in [0, 0.05) is 12.6 Å². The number of rotatable bonds is 10. The molecule has 5 atom stereocenters. The Balaban J connectivity index is 1.32. The van der Waals surface area contributed by atoms with Gasteiger partial charge in [-0.05, 0) is 23.1 Å². The van der Waals surface area contributed by atoms with Crippen LogP contribution in [0.25, 0.3) is 0 Å². The fourth-order valence-electron chi connectivity index (χ4n) is 5.21. The number of benzene rings is 3. The van der Waals surface area contributed by atoms with Crippen LogP contribution in [0, 0.1) is 0 Å². The van der Waals surface area contributed by atoms with Crippen LogP contribution in [-0.2, 0) is 34.0 Å². The Morgan fingerprint density at radius 2 is 1.18 bits per heavy atom. The van der Waals surface area contributed by atoms with Gasteiger partial charge in [0.05, 0.1) is 38.6 Å². The molecule has 2 saturated heterocycles. The quantitative estimate of drug-likeness (QED) is 0.493. The average molecular weight is 460 g/mol. The van der Waals surface area contributed by atoms with E-state index in [1.54, 1.807) is 0 Å². The zero-order valence-electron chi connectivity index (χ0n) is 19.4. The number of hydrogen-bond donors (Lipinski definition) is 1. The zero-order valence-corrected chi connectivity index (χ0v) is 19.4. The molecule has 2 heterocycles. The van der Waals surface area contributed by atoms with Crippen molar-refractivity contribution in [3.05, 3.63) is 108 Å². The number of hydrogen-bond acceptors (Lipinski definition) is 5. The van der Waals surface area contributed by atoms with Crippen LogP contribution in [0.5, 0.6) is 0 Å². The van der Waals surface area contributed by atoms with E-state index in [4.69, 9.17) is 14.2 Å². The molecule has 0 amide bonds. The van der Waals surface area contributed by atoms with Crippen molar-refractivity contribution in [1.82, 2.24) is 4.90 Å². The van der Waals surface area contributed by atoms with Crippen LogP contribution in [0.4, 0.5) is 0 Å². The van der Waals surface area contributed by atoms with Gasteiger partial charge in [0.15, 0.2) is 0 Å². The van der Waals surface area contributed by atoms with Gasteiger partial charge >= 0.3 is 0 Å². The van der Waals surface area contributed by atoms with Gasteiger partial charge in [0.2, 0.25) is 0 Å². The molecule has 0 unspecified atom stereocenters. The molecule has 0 aliphatic carbocycles. The van der Waals surface area contributed by atoms with Gasteiger partial charge in [0.25, 0.3) is 0 Å². The highest BCUT2D eigenvalue weighted by Gasteiger charge is 2.54. The highest BCUT2D eigenvalue weighted by atomic mass is 16.5. The molecule has 0 aromatic heterocycles. The zero-order chi connectivity index (χ0) is 23.2. The summed E-state index contributed by atoms with van der Waals surface area (Å²) in [6, 6.07) is 30.8. The molecule has 0 saturated carbocycles. The Labute approximate surface area is 201 Å². The molecule has 2 aliphatic heterocycles. The van der Waals surface area contributed by atoms with Crippen molar-refractivity contribution in [2.45, 2.75) is 56.6 Å². The Bertz CT molecular complexity index is 1000. The van der Waals surface area contributed by atoms with Crippen molar-refractivity contribution in [3.63, 3.8) is 0 Å². The first kappa shape index (κ1) is 23.2. The Hall–Kier alpha value is -2.54. The third kappa shape index (κ3) is 5.57. The molecule has 3 aromatic rings. The number of aliphatic hydroxyl groups excluding tert-OH is 1. The maximum absolute atomic E-state index is 10.5. The summed E-state index contributed by atoms with van der Waals surface area (Å²) in [5.41, 5.74) is 3.43. The lowest BCUT2D eigenvalue weighted by molar-refractivity contribution is -0.0901. The van der Waals surface area contributed by atoms with Crippen molar-refractivity contribution < 1.29 is 19.3 Å². The molecule has 5 heteroatoms. The Morgan fingerprint density at radius 3 is 1.74 bits per heavy atom. The normalized spacial score (nSPS) is 26.6. The van der Waals surface area contributed by atoms with E-state index < -0.39 is 0 Å². The van der Waals surface area contributed by atoms with Crippen molar-refractivity contribution in [1.29, 1.82) is 0 Å². The molecular weight excluding hydrogens is 426 g/mol. The average Bonchev–Trinajstić information content (AvgIpc) is 3.38. The van der Waals surface area contributed by atoms with E-state index in [9.17, 15) is 5.11 Å². The van der Waals surface area contributed by atoms with E-state index in [0.717, 1.165) is 16.7 Å². The molecule has 3 aromatic carbocycles. The van der Waals surface area contributed by atoms with Crippen LogP contribution in [0.1, 0.15) is 23.1 Å². The lowest BCUT2D eigenvalue weighted by atomic mass is 10.0. The summed E-state index contributed by atoms with van der Waals surface area (Å²) in [4.78, 5) is 2.35. The van der Waals surface area contributed by atoms with Crippen LogP contribution in [0.3, 0.4) is 0 Å². The second-order valence-corrected chi connectivity index (χ2v) is 9.24. The van der Waals surface area contributed by atoms with Crippen LogP contribution >= 0.6 is 0 Å². The van der Waals surface area contributed by atoms with E-state index in [2.05, 4.69) is 41.3 Å². The van der Waals surface area contributed by atoms with Crippen LogP contribution in [-0.4, -0.2) is 53.6 Å². The predicted octanol–water partition coefficient (Wildman–Crippen LogP) is 4.19. The van der Waals surface area contributed by atoms with Gasteiger partial charge in [-0.1, -0.05) is 91.0 Å². The fraction of sp³-hybridized carbons (Fsp3) is 0.379. The summed E-state index contributed by atoms with van der Waals surface area (Å²) < 4.78 is 19.2. The minimum absolute atomic E-state index is 0.0235. The van der Waals surface area contributed by atoms with E-state index in [-0.39, 0.29) is 30.4 Å². The van der Waals surface area contributed by atoms with E-state index in [1.807, 2.05) is 54.6 Å². The lowest BCUT2D eigenvalue weighted by Gasteiger charge is -2.28. The molecule has 0 spiro atoms. The topological polar surface area (TPSA) is 51.2 Å². The molecule has 5 nitrogen and oxygen atoms in total. The van der Waals surface area contributed by atoms with Crippen molar-refractivity contribution in [2.24, 2.45) is 0 Å². The summed E-state index contributed by atoms with van der Waals surface area (Å²) in [7, 11) is 0. The molecule has 1 N–H and O–H groups in total. The van der Waals surface area contributed by atoms with Gasteiger partial charge in [-0.3, -0.25) is 4.90 Å². The molecule has 34 heavy (non-hydrogen) atoms. The smallest absolute Gasteiger partial charge is 0.103 e. The van der Waals surface area contributed by atoms with Crippen LogP contribution in [0.15, 0.2) is 91.0 Å². The first-order chi connectivity index (χ1) is 16.8. The standard InChI is InChI=1S/C29H33NO4/c31-25-16-26-28(33-19-23-12-6-2-7-13-23)29(34-20-24-14-8-3-9-15-24)27(30(26)17-25)21-32-18-22-10-4-1-5-11-22/h1-15,25-29,31H,16-21H2/t25-,26+,27+,28-,29+/m0/s1. The first-order valence-electron chi connectivity index (χ1n) is 12.1. The Morgan fingerprint density at radius 1 is 0.676 bits per heavy atom. The molecule has 0 bridgehead atoms. The lowest BCUT2D eigenvalue weighted by Crippen LogP contribution is -2.43. The van der Waals surface area contributed by atoms with E-state index in [0.29, 0.717) is 39.4 Å². The maximum atomic E-state index is 10.5. The maximum Gasteiger partial charge on any atom is 0.103 e. The second kappa shape index (κ2) is 11.3. The van der Waals surface area contributed by atoms with Crippen molar-refractivity contribution in [2.75, 3.05) is 13.2 Å². The van der Waals surface area contributed by atoms with E-state index in [1.165, 1.54) is 0 Å². The number of fused-ring (bicyclic) bond motifs is 1. The largest absolute Gasteiger partial charge is 0.392 e. The molecule has 178 valence electrons. The molecular formula is C29H33NO4. The summed E-state index contributed by atoms with van der Waals surface area (Å²) in [6.07, 6.45) is 0.0722. The molecule has 2 aliphatic rings. The second-order valence-electron chi connectivity index (χ2n) is 9.24. The summed E-state index contributed by atoms with van der Waals surface area (Å²) in [6.45, 7) is 2.76. The minimum Gasteiger partial charge on any atom is -0.392 e. The summed E-state index contributed by atoms with van der Waals surface area (Å²) in [5.74, 6) is 0. The Kier molecular flexibility index (Phi) is 7.69. The van der Waals surface area contributed by atoms with Crippen molar-refractivity contribution in [3.8, 4) is 0 Å².